The molecular weight excluding hydrogens is 476 g/mol. The van der Waals surface area contributed by atoms with Gasteiger partial charge in [-0.2, -0.15) is 4.98 Å². The van der Waals surface area contributed by atoms with Crippen LogP contribution in [0, 0.1) is 6.92 Å². The van der Waals surface area contributed by atoms with Crippen molar-refractivity contribution in [1.29, 1.82) is 0 Å². The number of aryl methyl sites for hydroxylation is 1. The Labute approximate surface area is 182 Å². The van der Waals surface area contributed by atoms with Gasteiger partial charge in [-0.25, -0.2) is 8.42 Å². The molecule has 158 valence electrons. The molecule has 3 aromatic rings. The molecule has 1 heterocycles. The van der Waals surface area contributed by atoms with Gasteiger partial charge in [0.25, 0.3) is 15.9 Å². The topological polar surface area (TPSA) is 123 Å². The van der Waals surface area contributed by atoms with Gasteiger partial charge in [-0.15, -0.1) is 0 Å². The number of anilines is 1. The Hall–Kier alpha value is -2.92. The van der Waals surface area contributed by atoms with E-state index in [1.165, 1.54) is 31.4 Å². The molecule has 0 saturated heterocycles. The van der Waals surface area contributed by atoms with Crippen molar-refractivity contribution >= 4 is 37.5 Å². The van der Waals surface area contributed by atoms with Crippen molar-refractivity contribution < 1.29 is 22.5 Å². The first kappa shape index (κ1) is 21.8. The third-order valence-corrected chi connectivity index (χ3v) is 6.00. The minimum Gasteiger partial charge on any atom is -0.496 e. The maximum atomic E-state index is 12.7. The van der Waals surface area contributed by atoms with Crippen molar-refractivity contribution in [2.75, 3.05) is 18.4 Å². The van der Waals surface area contributed by atoms with Crippen LogP contribution in [0.15, 0.2) is 56.4 Å². The molecule has 0 fully saturated rings. The van der Waals surface area contributed by atoms with Gasteiger partial charge >= 0.3 is 0 Å². The molecular formula is C19H19BrN4O5S. The molecule has 2 N–H and O–H groups in total. The highest BCUT2D eigenvalue weighted by Gasteiger charge is 2.17. The number of nitrogens with one attached hydrogen (secondary N) is 2. The number of ether oxygens (including phenoxy) is 1. The molecule has 9 nitrogen and oxygen atoms in total. The van der Waals surface area contributed by atoms with Crippen LogP contribution in [0.3, 0.4) is 0 Å². The van der Waals surface area contributed by atoms with Gasteiger partial charge in [0, 0.05) is 18.5 Å². The number of carbonyl (C=O) groups is 1. The first-order valence-corrected chi connectivity index (χ1v) is 11.1. The first-order chi connectivity index (χ1) is 14.3. The molecule has 0 radical (unpaired) electrons. The standard InChI is InChI=1S/C19H19BrN4O5S/c1-12-22-18(29-23-12)8-9-21-19(25)13-4-3-5-15(10-13)30(26,27)24-14-6-7-17(28-2)16(20)11-14/h3-7,10-11,24H,8-9H2,1-2H3,(H,21,25). The average Bonchev–Trinajstić information content (AvgIpc) is 3.13. The molecule has 0 aliphatic rings. The quantitative estimate of drug-likeness (QED) is 0.493. The number of sulfonamides is 1. The van der Waals surface area contributed by atoms with E-state index in [0.29, 0.717) is 34.0 Å². The zero-order valence-electron chi connectivity index (χ0n) is 16.2. The summed E-state index contributed by atoms with van der Waals surface area (Å²) < 4.78 is 38.7. The SMILES string of the molecule is COc1ccc(NS(=O)(=O)c2cccc(C(=O)NCCc3nc(C)no3)c2)cc1Br. The van der Waals surface area contributed by atoms with Crippen molar-refractivity contribution in [3.63, 3.8) is 0 Å². The highest BCUT2D eigenvalue weighted by atomic mass is 79.9. The van der Waals surface area contributed by atoms with Gasteiger partial charge in [0.15, 0.2) is 5.82 Å². The van der Waals surface area contributed by atoms with Crippen LogP contribution >= 0.6 is 15.9 Å². The minimum absolute atomic E-state index is 0.0328. The Balaban J connectivity index is 1.68. The molecule has 0 saturated carbocycles. The largest absolute Gasteiger partial charge is 0.496 e. The van der Waals surface area contributed by atoms with E-state index in [4.69, 9.17) is 9.26 Å². The molecule has 3 rings (SSSR count). The summed E-state index contributed by atoms with van der Waals surface area (Å²) in [5.41, 5.74) is 0.572. The Bertz CT molecular complexity index is 1160. The van der Waals surface area contributed by atoms with E-state index in [2.05, 4.69) is 36.1 Å². The highest BCUT2D eigenvalue weighted by molar-refractivity contribution is 9.10. The van der Waals surface area contributed by atoms with Gasteiger partial charge in [0.1, 0.15) is 5.75 Å². The van der Waals surface area contributed by atoms with Gasteiger partial charge < -0.3 is 14.6 Å². The van der Waals surface area contributed by atoms with Crippen LogP contribution in [-0.4, -0.2) is 38.1 Å². The number of methoxy groups -OCH3 is 1. The lowest BCUT2D eigenvalue weighted by Gasteiger charge is -2.11. The fraction of sp³-hybridized carbons (Fsp3) is 0.211. The second-order valence-electron chi connectivity index (χ2n) is 6.22. The smallest absolute Gasteiger partial charge is 0.261 e. The van der Waals surface area contributed by atoms with E-state index in [-0.39, 0.29) is 17.0 Å². The molecule has 0 atom stereocenters. The third-order valence-electron chi connectivity index (χ3n) is 4.00. The van der Waals surface area contributed by atoms with Crippen LogP contribution in [-0.2, 0) is 16.4 Å². The van der Waals surface area contributed by atoms with E-state index in [1.807, 2.05) is 0 Å². The predicted molar refractivity (Wildman–Crippen MR) is 113 cm³/mol. The number of halogens is 1. The van der Waals surface area contributed by atoms with Crippen LogP contribution in [0.1, 0.15) is 22.1 Å². The highest BCUT2D eigenvalue weighted by Crippen LogP contribution is 2.29. The maximum absolute atomic E-state index is 12.7. The molecule has 30 heavy (non-hydrogen) atoms. The normalized spacial score (nSPS) is 11.2. The Morgan fingerprint density at radius 2 is 2.03 bits per heavy atom. The van der Waals surface area contributed by atoms with Crippen LogP contribution in [0.5, 0.6) is 5.75 Å². The summed E-state index contributed by atoms with van der Waals surface area (Å²) in [7, 11) is -2.37. The molecule has 0 bridgehead atoms. The van der Waals surface area contributed by atoms with Gasteiger partial charge in [0.05, 0.1) is 22.2 Å². The van der Waals surface area contributed by atoms with Crippen LogP contribution in [0.2, 0.25) is 0 Å². The van der Waals surface area contributed by atoms with E-state index in [1.54, 1.807) is 25.1 Å². The van der Waals surface area contributed by atoms with E-state index in [0.717, 1.165) is 0 Å². The molecule has 0 aliphatic carbocycles. The summed E-state index contributed by atoms with van der Waals surface area (Å²) in [6.07, 6.45) is 0.373. The summed E-state index contributed by atoms with van der Waals surface area (Å²) in [6.45, 7) is 1.98. The van der Waals surface area contributed by atoms with Gasteiger partial charge in [0.2, 0.25) is 5.89 Å². The number of carbonyl (C=O) groups excluding carboxylic acids is 1. The summed E-state index contributed by atoms with van der Waals surface area (Å²) in [5, 5.41) is 6.38. The zero-order chi connectivity index (χ0) is 21.7. The predicted octanol–water partition coefficient (Wildman–Crippen LogP) is 2.92. The molecule has 0 spiro atoms. The molecule has 2 aromatic carbocycles. The van der Waals surface area contributed by atoms with Crippen LogP contribution in [0.25, 0.3) is 0 Å². The fourth-order valence-corrected chi connectivity index (χ4v) is 4.21. The molecule has 1 amide bonds. The summed E-state index contributed by atoms with van der Waals surface area (Å²) in [6, 6.07) is 10.6. The maximum Gasteiger partial charge on any atom is 0.261 e. The lowest BCUT2D eigenvalue weighted by atomic mass is 10.2. The number of aromatic nitrogens is 2. The molecule has 0 unspecified atom stereocenters. The lowest BCUT2D eigenvalue weighted by Crippen LogP contribution is -2.26. The summed E-state index contributed by atoms with van der Waals surface area (Å²) in [5.74, 6) is 1.10. The van der Waals surface area contributed by atoms with Crippen LogP contribution in [0.4, 0.5) is 5.69 Å². The van der Waals surface area contributed by atoms with E-state index in [9.17, 15) is 13.2 Å². The van der Waals surface area contributed by atoms with Gasteiger partial charge in [-0.1, -0.05) is 11.2 Å². The monoisotopic (exact) mass is 494 g/mol. The average molecular weight is 495 g/mol. The Kier molecular flexibility index (Phi) is 6.73. The van der Waals surface area contributed by atoms with Crippen molar-refractivity contribution in [2.45, 2.75) is 18.2 Å². The molecule has 11 heteroatoms. The molecule has 1 aromatic heterocycles. The Morgan fingerprint density at radius 1 is 1.23 bits per heavy atom. The Morgan fingerprint density at radius 3 is 2.70 bits per heavy atom. The van der Waals surface area contributed by atoms with E-state index < -0.39 is 15.9 Å². The zero-order valence-corrected chi connectivity index (χ0v) is 18.6. The van der Waals surface area contributed by atoms with Crippen molar-refractivity contribution in [3.8, 4) is 5.75 Å². The third kappa shape index (κ3) is 5.36. The number of nitrogens with zero attached hydrogens (tertiary/aromatic N) is 2. The first-order valence-electron chi connectivity index (χ1n) is 8.82. The number of amides is 1. The number of hydrogen-bond donors (Lipinski definition) is 2. The minimum atomic E-state index is -3.89. The van der Waals surface area contributed by atoms with Crippen molar-refractivity contribution in [2.24, 2.45) is 0 Å². The summed E-state index contributed by atoms with van der Waals surface area (Å²) in [4.78, 5) is 16.4. The van der Waals surface area contributed by atoms with Crippen LogP contribution < -0.4 is 14.8 Å². The number of hydrogen-bond acceptors (Lipinski definition) is 7. The second kappa shape index (κ2) is 9.26. The second-order valence-corrected chi connectivity index (χ2v) is 8.76. The van der Waals surface area contributed by atoms with Crippen molar-refractivity contribution in [1.82, 2.24) is 15.5 Å². The number of rotatable bonds is 8. The fourth-order valence-electron chi connectivity index (χ4n) is 2.58. The van der Waals surface area contributed by atoms with Gasteiger partial charge in [-0.3, -0.25) is 9.52 Å². The number of benzene rings is 2. The lowest BCUT2D eigenvalue weighted by molar-refractivity contribution is 0.0953. The van der Waals surface area contributed by atoms with Gasteiger partial charge in [-0.05, 0) is 59.3 Å². The molecule has 0 aliphatic heterocycles. The van der Waals surface area contributed by atoms with Crippen molar-refractivity contribution in [3.05, 3.63) is 64.2 Å². The van der Waals surface area contributed by atoms with E-state index >= 15 is 0 Å². The summed E-state index contributed by atoms with van der Waals surface area (Å²) >= 11 is 3.32.